The largest absolute Gasteiger partial charge is 0.343 e. The van der Waals surface area contributed by atoms with E-state index < -0.39 is 23.9 Å². The third-order valence-electron chi connectivity index (χ3n) is 6.54. The van der Waals surface area contributed by atoms with E-state index in [1.165, 1.54) is 0 Å². The van der Waals surface area contributed by atoms with Gasteiger partial charge in [0.2, 0.25) is 5.91 Å². The highest BCUT2D eigenvalue weighted by molar-refractivity contribution is 6.22. The fraction of sp³-hybridized carbons (Fsp3) is 0.129. The van der Waals surface area contributed by atoms with Crippen LogP contribution in [-0.2, 0) is 11.2 Å². The van der Waals surface area contributed by atoms with Crippen LogP contribution in [0.3, 0.4) is 0 Å². The fourth-order valence-corrected chi connectivity index (χ4v) is 4.63. The van der Waals surface area contributed by atoms with Crippen LogP contribution in [0.2, 0.25) is 0 Å². The first-order valence-corrected chi connectivity index (χ1v) is 12.0. The topological polar surface area (TPSA) is 66.5 Å². The van der Waals surface area contributed by atoms with E-state index in [-0.39, 0.29) is 12.3 Å². The number of hydrogen-bond donors (Lipinski definition) is 1. The van der Waals surface area contributed by atoms with Crippen molar-refractivity contribution in [2.45, 2.75) is 25.4 Å². The highest BCUT2D eigenvalue weighted by Crippen LogP contribution is 2.28. The lowest BCUT2D eigenvalue weighted by Gasteiger charge is -2.28. The second kappa shape index (κ2) is 10.0. The average Bonchev–Trinajstić information content (AvgIpc) is 3.17. The first-order chi connectivity index (χ1) is 17.5. The molecule has 0 fully saturated rings. The highest BCUT2D eigenvalue weighted by Gasteiger charge is 2.43. The molecule has 0 spiro atoms. The molecule has 36 heavy (non-hydrogen) atoms. The Bertz CT molecular complexity index is 1360. The summed E-state index contributed by atoms with van der Waals surface area (Å²) in [7, 11) is 0. The summed E-state index contributed by atoms with van der Waals surface area (Å²) < 4.78 is 0. The Morgan fingerprint density at radius 3 is 1.78 bits per heavy atom. The van der Waals surface area contributed by atoms with Gasteiger partial charge in [0.05, 0.1) is 17.2 Å². The van der Waals surface area contributed by atoms with E-state index in [9.17, 15) is 14.4 Å². The lowest BCUT2D eigenvalue weighted by Crippen LogP contribution is -2.51. The molecule has 1 N–H and O–H groups in total. The molecule has 4 aromatic carbocycles. The maximum Gasteiger partial charge on any atom is 0.262 e. The van der Waals surface area contributed by atoms with E-state index in [1.807, 2.05) is 91.9 Å². The zero-order valence-electron chi connectivity index (χ0n) is 19.9. The van der Waals surface area contributed by atoms with Crippen molar-refractivity contribution in [3.8, 4) is 0 Å². The normalized spacial score (nSPS) is 14.3. The monoisotopic (exact) mass is 474 g/mol. The molecular weight excluding hydrogens is 448 g/mol. The molecule has 0 aromatic heterocycles. The SMILES string of the molecule is Cc1ccc([C@H](NC(=O)[C@H](Cc2ccccc2)N2C(=O)c3ccccc3C2=O)c2ccccc2)cc1. The van der Waals surface area contributed by atoms with Crippen molar-refractivity contribution < 1.29 is 14.4 Å². The van der Waals surface area contributed by atoms with Crippen LogP contribution < -0.4 is 5.32 Å². The Kier molecular flexibility index (Phi) is 6.46. The minimum Gasteiger partial charge on any atom is -0.343 e. The number of hydrogen-bond acceptors (Lipinski definition) is 3. The summed E-state index contributed by atoms with van der Waals surface area (Å²) in [6.45, 7) is 2.01. The zero-order valence-corrected chi connectivity index (χ0v) is 19.9. The third kappa shape index (κ3) is 4.56. The van der Waals surface area contributed by atoms with Crippen LogP contribution in [0.4, 0.5) is 0 Å². The van der Waals surface area contributed by atoms with Gasteiger partial charge in [-0.25, -0.2) is 0 Å². The molecule has 5 heteroatoms. The number of aryl methyl sites for hydroxylation is 1. The van der Waals surface area contributed by atoms with Gasteiger partial charge in [-0.05, 0) is 35.7 Å². The maximum absolute atomic E-state index is 13.9. The Labute approximate surface area is 210 Å². The molecule has 0 unspecified atom stereocenters. The number of carbonyl (C=O) groups excluding carboxylic acids is 3. The van der Waals surface area contributed by atoms with Crippen molar-refractivity contribution >= 4 is 17.7 Å². The molecule has 3 amide bonds. The van der Waals surface area contributed by atoms with Crippen molar-refractivity contribution in [2.75, 3.05) is 0 Å². The lowest BCUT2D eigenvalue weighted by molar-refractivity contribution is -0.125. The second-order valence-corrected chi connectivity index (χ2v) is 8.99. The van der Waals surface area contributed by atoms with Gasteiger partial charge in [0, 0.05) is 6.42 Å². The van der Waals surface area contributed by atoms with Gasteiger partial charge in [0.1, 0.15) is 6.04 Å². The Balaban J connectivity index is 1.52. The van der Waals surface area contributed by atoms with Gasteiger partial charge in [-0.2, -0.15) is 0 Å². The van der Waals surface area contributed by atoms with Gasteiger partial charge in [-0.15, -0.1) is 0 Å². The van der Waals surface area contributed by atoms with Crippen molar-refractivity contribution in [2.24, 2.45) is 0 Å². The predicted molar refractivity (Wildman–Crippen MR) is 138 cm³/mol. The Morgan fingerprint density at radius 2 is 1.19 bits per heavy atom. The van der Waals surface area contributed by atoms with Gasteiger partial charge >= 0.3 is 0 Å². The van der Waals surface area contributed by atoms with Gasteiger partial charge in [0.15, 0.2) is 0 Å². The van der Waals surface area contributed by atoms with Crippen LogP contribution in [0.25, 0.3) is 0 Å². The number of rotatable bonds is 7. The molecule has 0 saturated carbocycles. The zero-order chi connectivity index (χ0) is 25.1. The molecule has 4 aromatic rings. The molecule has 5 rings (SSSR count). The van der Waals surface area contributed by atoms with Crippen molar-refractivity contribution in [1.29, 1.82) is 0 Å². The first-order valence-electron chi connectivity index (χ1n) is 12.0. The Hall–Kier alpha value is -4.51. The molecule has 0 bridgehead atoms. The quantitative estimate of drug-likeness (QED) is 0.379. The number of imide groups is 1. The second-order valence-electron chi connectivity index (χ2n) is 8.99. The fourth-order valence-electron chi connectivity index (χ4n) is 4.63. The summed E-state index contributed by atoms with van der Waals surface area (Å²) in [6, 6.07) is 32.4. The summed E-state index contributed by atoms with van der Waals surface area (Å²) in [5, 5.41) is 3.15. The predicted octanol–water partition coefficient (Wildman–Crippen LogP) is 5.11. The molecule has 1 aliphatic rings. The lowest BCUT2D eigenvalue weighted by atomic mass is 9.96. The molecule has 0 saturated heterocycles. The van der Waals surface area contributed by atoms with Crippen LogP contribution in [-0.4, -0.2) is 28.7 Å². The van der Waals surface area contributed by atoms with Crippen molar-refractivity contribution in [3.63, 3.8) is 0 Å². The number of nitrogens with one attached hydrogen (secondary N) is 1. The van der Waals surface area contributed by atoms with Crippen molar-refractivity contribution in [3.05, 3.63) is 143 Å². The summed E-state index contributed by atoms with van der Waals surface area (Å²) in [5.41, 5.74) is 4.46. The van der Waals surface area contributed by atoms with E-state index >= 15 is 0 Å². The van der Waals surface area contributed by atoms with Gasteiger partial charge in [-0.3, -0.25) is 19.3 Å². The van der Waals surface area contributed by atoms with Gasteiger partial charge in [-0.1, -0.05) is 103 Å². The molecule has 1 aliphatic heterocycles. The van der Waals surface area contributed by atoms with Crippen LogP contribution in [0, 0.1) is 6.92 Å². The molecule has 1 heterocycles. The van der Waals surface area contributed by atoms with Crippen LogP contribution in [0.1, 0.15) is 49.0 Å². The molecule has 5 nitrogen and oxygen atoms in total. The van der Waals surface area contributed by atoms with Crippen LogP contribution in [0.5, 0.6) is 0 Å². The van der Waals surface area contributed by atoms with Gasteiger partial charge in [0.25, 0.3) is 11.8 Å². The molecule has 2 atom stereocenters. The number of amides is 3. The minimum absolute atomic E-state index is 0.216. The number of nitrogens with zero attached hydrogens (tertiary/aromatic N) is 1. The number of fused-ring (bicyclic) bond motifs is 1. The van der Waals surface area contributed by atoms with E-state index in [0.29, 0.717) is 11.1 Å². The summed E-state index contributed by atoms with van der Waals surface area (Å²) in [6.07, 6.45) is 0.216. The van der Waals surface area contributed by atoms with E-state index in [2.05, 4.69) is 5.32 Å². The van der Waals surface area contributed by atoms with Crippen LogP contribution in [0.15, 0.2) is 109 Å². The highest BCUT2D eigenvalue weighted by atomic mass is 16.2. The molecule has 178 valence electrons. The number of carbonyl (C=O) groups is 3. The standard InChI is InChI=1S/C31H26N2O3/c1-21-16-18-24(19-17-21)28(23-12-6-3-7-13-23)32-29(34)27(20-22-10-4-2-5-11-22)33-30(35)25-14-8-9-15-26(25)31(33)36/h2-19,27-28H,20H2,1H3,(H,32,34)/t27-,28+/m0/s1. The van der Waals surface area contributed by atoms with E-state index in [0.717, 1.165) is 27.2 Å². The van der Waals surface area contributed by atoms with E-state index in [1.54, 1.807) is 24.3 Å². The summed E-state index contributed by atoms with van der Waals surface area (Å²) >= 11 is 0. The number of benzene rings is 4. The summed E-state index contributed by atoms with van der Waals surface area (Å²) in [4.78, 5) is 41.7. The maximum atomic E-state index is 13.9. The van der Waals surface area contributed by atoms with E-state index in [4.69, 9.17) is 0 Å². The average molecular weight is 475 g/mol. The van der Waals surface area contributed by atoms with Crippen molar-refractivity contribution in [1.82, 2.24) is 10.2 Å². The van der Waals surface area contributed by atoms with Gasteiger partial charge < -0.3 is 5.32 Å². The summed E-state index contributed by atoms with van der Waals surface area (Å²) in [5.74, 6) is -1.28. The molecule has 0 radical (unpaired) electrons. The smallest absolute Gasteiger partial charge is 0.262 e. The molecule has 0 aliphatic carbocycles. The van der Waals surface area contributed by atoms with Crippen LogP contribution >= 0.6 is 0 Å². The molecular formula is C31H26N2O3. The first kappa shape index (κ1) is 23.2. The Morgan fingerprint density at radius 1 is 0.694 bits per heavy atom. The minimum atomic E-state index is -1.00. The third-order valence-corrected chi connectivity index (χ3v) is 6.54.